The number of aromatic nitrogens is 1. The van der Waals surface area contributed by atoms with Crippen LogP contribution in [0.5, 0.6) is 0 Å². The standard InChI is InChI=1S/C13H18N4/c14-13(17-12-6-1-2-7-15-12)16-11-8-10(11)9-4-3-5-9/h1-2,6-7,9-11H,3-5,8H2,(H3,14,15,16,17)/t10-,11+/m0/s1. The second-order valence-corrected chi connectivity index (χ2v) is 5.01. The van der Waals surface area contributed by atoms with Crippen molar-refractivity contribution in [2.45, 2.75) is 31.7 Å². The quantitative estimate of drug-likeness (QED) is 0.616. The number of hydrogen-bond donors (Lipinski definition) is 2. The first-order valence-corrected chi connectivity index (χ1v) is 6.34. The predicted molar refractivity (Wildman–Crippen MR) is 68.7 cm³/mol. The summed E-state index contributed by atoms with van der Waals surface area (Å²) in [4.78, 5) is 8.67. The molecule has 1 aromatic heterocycles. The molecule has 4 nitrogen and oxygen atoms in total. The van der Waals surface area contributed by atoms with E-state index in [4.69, 9.17) is 5.73 Å². The highest BCUT2D eigenvalue weighted by Gasteiger charge is 2.45. The normalized spacial score (nSPS) is 28.6. The second-order valence-electron chi connectivity index (χ2n) is 5.01. The predicted octanol–water partition coefficient (Wildman–Crippen LogP) is 2.00. The molecule has 2 atom stereocenters. The summed E-state index contributed by atoms with van der Waals surface area (Å²) >= 11 is 0. The van der Waals surface area contributed by atoms with Gasteiger partial charge in [0.15, 0.2) is 5.96 Å². The van der Waals surface area contributed by atoms with Gasteiger partial charge in [0.25, 0.3) is 0 Å². The van der Waals surface area contributed by atoms with Crippen LogP contribution in [0.4, 0.5) is 5.82 Å². The second kappa shape index (κ2) is 4.35. The molecule has 1 heterocycles. The van der Waals surface area contributed by atoms with Crippen molar-refractivity contribution in [1.82, 2.24) is 4.98 Å². The number of nitrogens with two attached hydrogens (primary N) is 1. The molecule has 0 aliphatic heterocycles. The Kier molecular flexibility index (Phi) is 2.71. The van der Waals surface area contributed by atoms with Gasteiger partial charge in [0, 0.05) is 6.20 Å². The minimum Gasteiger partial charge on any atom is -0.370 e. The van der Waals surface area contributed by atoms with Gasteiger partial charge in [-0.05, 0) is 30.4 Å². The number of anilines is 1. The van der Waals surface area contributed by atoms with Crippen LogP contribution in [0.3, 0.4) is 0 Å². The number of aliphatic imine (C=N–C) groups is 1. The number of nitrogens with one attached hydrogen (secondary N) is 1. The molecule has 0 spiro atoms. The lowest BCUT2D eigenvalue weighted by Crippen LogP contribution is -2.24. The molecule has 1 aromatic rings. The number of hydrogen-bond acceptors (Lipinski definition) is 2. The summed E-state index contributed by atoms with van der Waals surface area (Å²) in [5.41, 5.74) is 5.87. The van der Waals surface area contributed by atoms with E-state index < -0.39 is 0 Å². The SMILES string of the molecule is NC(=N[C@@H]1C[C@H]1C1CCC1)Nc1ccccn1. The van der Waals surface area contributed by atoms with Crippen LogP contribution in [-0.2, 0) is 0 Å². The Morgan fingerprint density at radius 2 is 2.29 bits per heavy atom. The number of rotatable bonds is 3. The molecule has 2 fully saturated rings. The third-order valence-corrected chi connectivity index (χ3v) is 3.79. The van der Waals surface area contributed by atoms with Crippen LogP contribution in [0.25, 0.3) is 0 Å². The summed E-state index contributed by atoms with van der Waals surface area (Å²) in [6, 6.07) is 6.15. The summed E-state index contributed by atoms with van der Waals surface area (Å²) in [5.74, 6) is 2.98. The van der Waals surface area contributed by atoms with Crippen molar-refractivity contribution >= 4 is 11.8 Å². The zero-order valence-corrected chi connectivity index (χ0v) is 9.84. The van der Waals surface area contributed by atoms with Crippen molar-refractivity contribution in [1.29, 1.82) is 0 Å². The van der Waals surface area contributed by atoms with Crippen LogP contribution in [0.2, 0.25) is 0 Å². The lowest BCUT2D eigenvalue weighted by atomic mass is 9.81. The van der Waals surface area contributed by atoms with Gasteiger partial charge in [-0.25, -0.2) is 9.98 Å². The van der Waals surface area contributed by atoms with Gasteiger partial charge in [-0.3, -0.25) is 0 Å². The summed E-state index contributed by atoms with van der Waals surface area (Å²) in [5, 5.41) is 3.03. The van der Waals surface area contributed by atoms with E-state index in [0.717, 1.165) is 17.7 Å². The molecule has 4 heteroatoms. The maximum atomic E-state index is 5.87. The first kappa shape index (κ1) is 10.6. The van der Waals surface area contributed by atoms with Crippen molar-refractivity contribution in [3.8, 4) is 0 Å². The molecule has 90 valence electrons. The van der Waals surface area contributed by atoms with Crippen LogP contribution < -0.4 is 11.1 Å². The van der Waals surface area contributed by atoms with Gasteiger partial charge in [0.1, 0.15) is 5.82 Å². The first-order valence-electron chi connectivity index (χ1n) is 6.34. The van der Waals surface area contributed by atoms with E-state index in [1.807, 2.05) is 18.2 Å². The van der Waals surface area contributed by atoms with Crippen LogP contribution in [0.1, 0.15) is 25.7 Å². The third-order valence-electron chi connectivity index (χ3n) is 3.79. The van der Waals surface area contributed by atoms with Crippen molar-refractivity contribution in [3.63, 3.8) is 0 Å². The van der Waals surface area contributed by atoms with Gasteiger partial charge in [-0.2, -0.15) is 0 Å². The van der Waals surface area contributed by atoms with E-state index in [9.17, 15) is 0 Å². The van der Waals surface area contributed by atoms with Crippen LogP contribution in [0.15, 0.2) is 29.4 Å². The van der Waals surface area contributed by atoms with Gasteiger partial charge in [0.2, 0.25) is 0 Å². The van der Waals surface area contributed by atoms with Crippen LogP contribution in [0, 0.1) is 11.8 Å². The largest absolute Gasteiger partial charge is 0.370 e. The molecule has 3 N–H and O–H groups in total. The smallest absolute Gasteiger partial charge is 0.194 e. The molecule has 2 aliphatic carbocycles. The molecular formula is C13H18N4. The van der Waals surface area contributed by atoms with Crippen molar-refractivity contribution < 1.29 is 0 Å². The van der Waals surface area contributed by atoms with Gasteiger partial charge < -0.3 is 11.1 Å². The molecule has 0 bridgehead atoms. The Balaban J connectivity index is 1.54. The Morgan fingerprint density at radius 3 is 2.94 bits per heavy atom. The summed E-state index contributed by atoms with van der Waals surface area (Å²) in [6.07, 6.45) is 7.15. The average Bonchev–Trinajstić information content (AvgIpc) is 2.95. The van der Waals surface area contributed by atoms with Crippen LogP contribution >= 0.6 is 0 Å². The molecule has 3 rings (SSSR count). The lowest BCUT2D eigenvalue weighted by Gasteiger charge is -2.24. The highest BCUT2D eigenvalue weighted by atomic mass is 15.1. The molecule has 2 aliphatic rings. The summed E-state index contributed by atoms with van der Waals surface area (Å²) in [7, 11) is 0. The average molecular weight is 230 g/mol. The van der Waals surface area contributed by atoms with Gasteiger partial charge in [-0.1, -0.05) is 25.3 Å². The maximum Gasteiger partial charge on any atom is 0.194 e. The highest BCUT2D eigenvalue weighted by Crippen LogP contribution is 2.48. The summed E-state index contributed by atoms with van der Waals surface area (Å²) < 4.78 is 0. The fourth-order valence-corrected chi connectivity index (χ4v) is 2.50. The fourth-order valence-electron chi connectivity index (χ4n) is 2.50. The Hall–Kier alpha value is -1.58. The monoisotopic (exact) mass is 230 g/mol. The van der Waals surface area contributed by atoms with Crippen molar-refractivity contribution in [2.75, 3.05) is 5.32 Å². The Labute approximate surface area is 101 Å². The summed E-state index contributed by atoms with van der Waals surface area (Å²) in [6.45, 7) is 0. The zero-order valence-electron chi connectivity index (χ0n) is 9.84. The van der Waals surface area contributed by atoms with Gasteiger partial charge >= 0.3 is 0 Å². The topological polar surface area (TPSA) is 63.3 Å². The van der Waals surface area contributed by atoms with E-state index in [1.54, 1.807) is 6.20 Å². The van der Waals surface area contributed by atoms with Crippen molar-refractivity contribution in [2.24, 2.45) is 22.6 Å². The number of nitrogens with zero attached hydrogens (tertiary/aromatic N) is 2. The van der Waals surface area contributed by atoms with Crippen molar-refractivity contribution in [3.05, 3.63) is 24.4 Å². The van der Waals surface area contributed by atoms with E-state index in [1.165, 1.54) is 25.7 Å². The van der Waals surface area contributed by atoms with Gasteiger partial charge in [0.05, 0.1) is 6.04 Å². The molecule has 17 heavy (non-hydrogen) atoms. The zero-order chi connectivity index (χ0) is 11.7. The fraction of sp³-hybridized carbons (Fsp3) is 0.538. The molecular weight excluding hydrogens is 212 g/mol. The Morgan fingerprint density at radius 1 is 1.41 bits per heavy atom. The highest BCUT2D eigenvalue weighted by molar-refractivity contribution is 5.91. The number of pyridine rings is 1. The Bertz CT molecular complexity index is 411. The molecule has 0 unspecified atom stereocenters. The third kappa shape index (κ3) is 2.40. The van der Waals surface area contributed by atoms with Gasteiger partial charge in [-0.15, -0.1) is 0 Å². The molecule has 0 aromatic carbocycles. The van der Waals surface area contributed by atoms with Crippen LogP contribution in [-0.4, -0.2) is 17.0 Å². The minimum absolute atomic E-state index is 0.455. The molecule has 2 saturated carbocycles. The van der Waals surface area contributed by atoms with E-state index in [-0.39, 0.29) is 0 Å². The lowest BCUT2D eigenvalue weighted by molar-refractivity contribution is 0.274. The molecule has 0 saturated heterocycles. The maximum absolute atomic E-state index is 5.87. The minimum atomic E-state index is 0.455. The molecule has 0 amide bonds. The number of guanidine groups is 1. The first-order chi connectivity index (χ1) is 8.33. The van der Waals surface area contributed by atoms with E-state index in [2.05, 4.69) is 15.3 Å². The van der Waals surface area contributed by atoms with E-state index in [0.29, 0.717) is 12.0 Å². The molecule has 0 radical (unpaired) electrons. The van der Waals surface area contributed by atoms with E-state index >= 15 is 0 Å².